The van der Waals surface area contributed by atoms with Crippen LogP contribution in [0.1, 0.15) is 18.2 Å². The van der Waals surface area contributed by atoms with Crippen molar-refractivity contribution in [1.29, 1.82) is 0 Å². The van der Waals surface area contributed by atoms with E-state index in [-0.39, 0.29) is 19.0 Å². The monoisotopic (exact) mass is 577 g/mol. The fourth-order valence-electron chi connectivity index (χ4n) is 3.86. The van der Waals surface area contributed by atoms with E-state index in [0.29, 0.717) is 55.6 Å². The number of aliphatic hydroxyl groups is 1. The molecule has 1 N–H and O–H groups in total. The molecule has 40 heavy (non-hydrogen) atoms. The number of fused-ring (bicyclic) bond motifs is 1. The summed E-state index contributed by atoms with van der Waals surface area (Å²) in [6.07, 6.45) is -5.67. The summed E-state index contributed by atoms with van der Waals surface area (Å²) < 4.78 is 62.4. The lowest BCUT2D eigenvalue weighted by Crippen LogP contribution is -2.16. The number of hydrogen-bond donors (Lipinski definition) is 1. The highest BCUT2D eigenvalue weighted by molar-refractivity contribution is 6.32. The molecule has 210 valence electrons. The van der Waals surface area contributed by atoms with Gasteiger partial charge < -0.3 is 28.8 Å². The summed E-state index contributed by atoms with van der Waals surface area (Å²) in [5.41, 5.74) is 2.86. The standard InChI is InChI=1S/C28H23ClF3NO7/c1-3-36-27(35)38-15-37-26-22-13-23(29)18(14-34)12-24(22)33-16(2)25(26)17-4-6-19(7-5-17)39-20-8-10-21(11-9-20)40-28(30,31)32/h4-13,34H,3,14-15H2,1-2H3. The Kier molecular flexibility index (Phi) is 8.86. The number of hydrogen-bond acceptors (Lipinski definition) is 8. The first-order valence-corrected chi connectivity index (χ1v) is 12.3. The van der Waals surface area contributed by atoms with E-state index >= 15 is 0 Å². The van der Waals surface area contributed by atoms with E-state index in [9.17, 15) is 23.1 Å². The summed E-state index contributed by atoms with van der Waals surface area (Å²) in [6.45, 7) is 2.83. The Balaban J connectivity index is 1.64. The van der Waals surface area contributed by atoms with Gasteiger partial charge in [-0.15, -0.1) is 13.2 Å². The predicted octanol–water partition coefficient (Wildman–Crippen LogP) is 7.56. The second-order valence-electron chi connectivity index (χ2n) is 8.26. The van der Waals surface area contributed by atoms with Gasteiger partial charge in [0.25, 0.3) is 0 Å². The third-order valence-corrected chi connectivity index (χ3v) is 5.89. The van der Waals surface area contributed by atoms with Crippen molar-refractivity contribution in [3.8, 4) is 34.1 Å². The largest absolute Gasteiger partial charge is 0.573 e. The molecule has 1 aromatic heterocycles. The van der Waals surface area contributed by atoms with Crippen molar-refractivity contribution in [1.82, 2.24) is 4.98 Å². The summed E-state index contributed by atoms with van der Waals surface area (Å²) in [4.78, 5) is 16.3. The molecule has 3 aromatic carbocycles. The van der Waals surface area contributed by atoms with Crippen molar-refractivity contribution in [2.75, 3.05) is 13.4 Å². The Morgan fingerprint density at radius 2 is 1.60 bits per heavy atom. The molecule has 0 saturated carbocycles. The van der Waals surface area contributed by atoms with Crippen LogP contribution >= 0.6 is 11.6 Å². The van der Waals surface area contributed by atoms with Gasteiger partial charge in [0.2, 0.25) is 6.79 Å². The zero-order valence-electron chi connectivity index (χ0n) is 21.3. The van der Waals surface area contributed by atoms with Gasteiger partial charge in [-0.3, -0.25) is 4.98 Å². The molecule has 0 saturated heterocycles. The van der Waals surface area contributed by atoms with Gasteiger partial charge in [-0.05, 0) is 73.5 Å². The highest BCUT2D eigenvalue weighted by Gasteiger charge is 2.31. The Bertz CT molecular complexity index is 1490. The maximum absolute atomic E-state index is 12.4. The molecule has 0 unspecified atom stereocenters. The number of aromatic nitrogens is 1. The number of halogens is 4. The average molecular weight is 578 g/mol. The van der Waals surface area contributed by atoms with Crippen LogP contribution in [0.5, 0.6) is 23.0 Å². The Morgan fingerprint density at radius 3 is 2.20 bits per heavy atom. The van der Waals surface area contributed by atoms with Crippen LogP contribution in [-0.2, 0) is 16.1 Å². The minimum atomic E-state index is -4.78. The van der Waals surface area contributed by atoms with Gasteiger partial charge in [0.05, 0.1) is 18.7 Å². The molecule has 0 aliphatic heterocycles. The zero-order valence-corrected chi connectivity index (χ0v) is 22.0. The van der Waals surface area contributed by atoms with Gasteiger partial charge in [0, 0.05) is 21.7 Å². The number of ether oxygens (including phenoxy) is 5. The van der Waals surface area contributed by atoms with E-state index in [1.165, 1.54) is 12.1 Å². The number of aryl methyl sites for hydroxylation is 1. The van der Waals surface area contributed by atoms with Crippen LogP contribution in [0.25, 0.3) is 22.0 Å². The highest BCUT2D eigenvalue weighted by atomic mass is 35.5. The van der Waals surface area contributed by atoms with E-state index in [2.05, 4.69) is 9.72 Å². The lowest BCUT2D eigenvalue weighted by Gasteiger charge is -2.18. The maximum Gasteiger partial charge on any atom is 0.573 e. The molecule has 8 nitrogen and oxygen atoms in total. The number of carbonyl (C=O) groups is 1. The van der Waals surface area contributed by atoms with Crippen LogP contribution in [0.15, 0.2) is 60.7 Å². The number of carbonyl (C=O) groups excluding carboxylic acids is 1. The Hall–Kier alpha value is -4.22. The number of aliphatic hydroxyl groups excluding tert-OH is 1. The summed E-state index contributed by atoms with van der Waals surface area (Å²) in [7, 11) is 0. The van der Waals surface area contributed by atoms with Crippen molar-refractivity contribution in [2.24, 2.45) is 0 Å². The molecule has 0 spiro atoms. The number of rotatable bonds is 9. The van der Waals surface area contributed by atoms with Crippen LogP contribution < -0.4 is 14.2 Å². The summed E-state index contributed by atoms with van der Waals surface area (Å²) in [6, 6.07) is 15.1. The summed E-state index contributed by atoms with van der Waals surface area (Å²) >= 11 is 6.35. The van der Waals surface area contributed by atoms with E-state index in [0.717, 1.165) is 12.1 Å². The van der Waals surface area contributed by atoms with Crippen molar-refractivity contribution in [3.63, 3.8) is 0 Å². The first-order valence-electron chi connectivity index (χ1n) is 11.9. The smallest absolute Gasteiger partial charge is 0.457 e. The van der Waals surface area contributed by atoms with Gasteiger partial charge >= 0.3 is 12.5 Å². The van der Waals surface area contributed by atoms with Crippen molar-refractivity contribution >= 4 is 28.7 Å². The van der Waals surface area contributed by atoms with Crippen LogP contribution in [0.3, 0.4) is 0 Å². The lowest BCUT2D eigenvalue weighted by atomic mass is 9.99. The van der Waals surface area contributed by atoms with Gasteiger partial charge in [0.15, 0.2) is 0 Å². The van der Waals surface area contributed by atoms with Gasteiger partial charge in [-0.2, -0.15) is 0 Å². The molecule has 0 fully saturated rings. The summed E-state index contributed by atoms with van der Waals surface area (Å²) in [5, 5.41) is 10.4. The van der Waals surface area contributed by atoms with E-state index in [1.54, 1.807) is 50.2 Å². The molecular weight excluding hydrogens is 555 g/mol. The molecule has 0 atom stereocenters. The van der Waals surface area contributed by atoms with Crippen LogP contribution in [0.4, 0.5) is 18.0 Å². The third kappa shape index (κ3) is 7.04. The summed E-state index contributed by atoms with van der Waals surface area (Å²) in [5.74, 6) is 0.705. The minimum absolute atomic E-state index is 0.140. The lowest BCUT2D eigenvalue weighted by molar-refractivity contribution is -0.274. The maximum atomic E-state index is 12.4. The van der Waals surface area contributed by atoms with Crippen molar-refractivity contribution in [2.45, 2.75) is 26.8 Å². The SMILES string of the molecule is CCOC(=O)OCOc1c(-c2ccc(Oc3ccc(OC(F)(F)F)cc3)cc2)c(C)nc2cc(CO)c(Cl)cc12. The molecule has 4 aromatic rings. The van der Waals surface area contributed by atoms with Crippen molar-refractivity contribution in [3.05, 3.63) is 76.9 Å². The quantitative estimate of drug-likeness (QED) is 0.161. The number of benzene rings is 3. The van der Waals surface area contributed by atoms with Gasteiger partial charge in [-0.1, -0.05) is 23.7 Å². The number of pyridine rings is 1. The fourth-order valence-corrected chi connectivity index (χ4v) is 4.08. The van der Waals surface area contributed by atoms with Crippen LogP contribution in [-0.4, -0.2) is 36.0 Å². The first kappa shape index (κ1) is 28.8. The number of alkyl halides is 3. The third-order valence-electron chi connectivity index (χ3n) is 5.53. The second kappa shape index (κ2) is 12.3. The zero-order chi connectivity index (χ0) is 28.9. The molecule has 0 aliphatic rings. The fraction of sp³-hybridized carbons (Fsp3) is 0.214. The first-order chi connectivity index (χ1) is 19.1. The topological polar surface area (TPSA) is 96.3 Å². The van der Waals surface area contributed by atoms with Gasteiger partial charge in [0.1, 0.15) is 23.0 Å². The predicted molar refractivity (Wildman–Crippen MR) is 140 cm³/mol. The molecular formula is C28H23ClF3NO7. The second-order valence-corrected chi connectivity index (χ2v) is 8.66. The molecule has 0 radical (unpaired) electrons. The normalized spacial score (nSPS) is 11.3. The van der Waals surface area contributed by atoms with E-state index < -0.39 is 19.3 Å². The van der Waals surface area contributed by atoms with E-state index in [4.69, 9.17) is 30.5 Å². The Labute approximate surface area is 231 Å². The van der Waals surface area contributed by atoms with E-state index in [1.807, 2.05) is 0 Å². The molecule has 12 heteroatoms. The molecule has 4 rings (SSSR count). The average Bonchev–Trinajstić information content (AvgIpc) is 2.90. The van der Waals surface area contributed by atoms with Gasteiger partial charge in [-0.25, -0.2) is 4.79 Å². The minimum Gasteiger partial charge on any atom is -0.457 e. The van der Waals surface area contributed by atoms with Crippen molar-refractivity contribution < 1.29 is 46.8 Å². The highest BCUT2D eigenvalue weighted by Crippen LogP contribution is 2.41. The van der Waals surface area contributed by atoms with Crippen LogP contribution in [0.2, 0.25) is 5.02 Å². The van der Waals surface area contributed by atoms with Crippen LogP contribution in [0, 0.1) is 6.92 Å². The molecule has 0 aliphatic carbocycles. The number of nitrogens with zero attached hydrogens (tertiary/aromatic N) is 1. The Morgan fingerprint density at radius 1 is 0.975 bits per heavy atom. The molecule has 0 bridgehead atoms. The molecule has 0 amide bonds. The molecule has 1 heterocycles.